The van der Waals surface area contributed by atoms with E-state index in [1.807, 2.05) is 37.6 Å². The van der Waals surface area contributed by atoms with Crippen molar-refractivity contribution >= 4 is 17.7 Å². The molecule has 1 aromatic heterocycles. The Balaban J connectivity index is 1.59. The largest absolute Gasteiger partial charge is 0.483 e. The highest BCUT2D eigenvalue weighted by Gasteiger charge is 2.24. The Morgan fingerprint density at radius 2 is 1.79 bits per heavy atom. The van der Waals surface area contributed by atoms with Crippen LogP contribution in [-0.2, 0) is 11.8 Å². The van der Waals surface area contributed by atoms with Gasteiger partial charge in [0.2, 0.25) is 5.91 Å². The number of rotatable bonds is 8. The van der Waals surface area contributed by atoms with Crippen molar-refractivity contribution in [1.29, 1.82) is 0 Å². The van der Waals surface area contributed by atoms with Gasteiger partial charge in [0.1, 0.15) is 5.75 Å². The first-order valence-corrected chi connectivity index (χ1v) is 11.4. The topological polar surface area (TPSA) is 69.0 Å². The van der Waals surface area contributed by atoms with Crippen molar-refractivity contribution in [3.05, 3.63) is 35.7 Å². The first-order chi connectivity index (χ1) is 13.8. The summed E-state index contributed by atoms with van der Waals surface area (Å²) in [6, 6.07) is 8.50. The smallest absolute Gasteiger partial charge is 0.233 e. The second-order valence-corrected chi connectivity index (χ2v) is 9.44. The second-order valence-electron chi connectivity index (χ2n) is 8.13. The van der Waals surface area contributed by atoms with Gasteiger partial charge in [0.25, 0.3) is 0 Å². The standard InChI is InChI=1S/C22H32N4O2S/c1-14(2)17-10-12-19(13-11-17)28-15(3)20-24-25-22(26(20)5)29-16(4)21(27)23-18-8-6-7-9-18/h10-16,18H,6-9H2,1-5H3,(H,23,27). The zero-order valence-corrected chi connectivity index (χ0v) is 18.8. The number of hydrogen-bond donors (Lipinski definition) is 1. The molecule has 0 spiro atoms. The molecule has 1 heterocycles. The molecule has 158 valence electrons. The van der Waals surface area contributed by atoms with Gasteiger partial charge in [-0.15, -0.1) is 10.2 Å². The molecule has 1 aliphatic rings. The van der Waals surface area contributed by atoms with E-state index in [1.54, 1.807) is 0 Å². The Morgan fingerprint density at radius 3 is 2.41 bits per heavy atom. The second kappa shape index (κ2) is 9.65. The van der Waals surface area contributed by atoms with Crippen LogP contribution >= 0.6 is 11.8 Å². The van der Waals surface area contributed by atoms with Crippen LogP contribution in [0, 0.1) is 0 Å². The van der Waals surface area contributed by atoms with Gasteiger partial charge >= 0.3 is 0 Å². The predicted molar refractivity (Wildman–Crippen MR) is 116 cm³/mol. The minimum atomic E-state index is -0.241. The lowest BCUT2D eigenvalue weighted by molar-refractivity contribution is -0.120. The fourth-order valence-electron chi connectivity index (χ4n) is 3.57. The normalized spacial score (nSPS) is 16.8. The molecule has 7 heteroatoms. The summed E-state index contributed by atoms with van der Waals surface area (Å²) in [6.07, 6.45) is 4.34. The Kier molecular flexibility index (Phi) is 7.22. The average Bonchev–Trinajstić information content (AvgIpc) is 3.32. The van der Waals surface area contributed by atoms with E-state index in [-0.39, 0.29) is 17.3 Å². The lowest BCUT2D eigenvalue weighted by Gasteiger charge is -2.17. The highest BCUT2D eigenvalue weighted by molar-refractivity contribution is 8.00. The molecule has 0 saturated heterocycles. The van der Waals surface area contributed by atoms with E-state index < -0.39 is 0 Å². The number of amides is 1. The highest BCUT2D eigenvalue weighted by atomic mass is 32.2. The van der Waals surface area contributed by atoms with Crippen LogP contribution in [0.5, 0.6) is 5.75 Å². The number of carbonyl (C=O) groups is 1. The van der Waals surface area contributed by atoms with Gasteiger partial charge in [-0.3, -0.25) is 4.79 Å². The summed E-state index contributed by atoms with van der Waals surface area (Å²) in [5, 5.41) is 12.3. The van der Waals surface area contributed by atoms with Crippen LogP contribution in [0.3, 0.4) is 0 Å². The van der Waals surface area contributed by atoms with Crippen molar-refractivity contribution in [3.63, 3.8) is 0 Å². The molecule has 2 aromatic rings. The summed E-state index contributed by atoms with van der Waals surface area (Å²) in [4.78, 5) is 12.5. The van der Waals surface area contributed by atoms with Crippen LogP contribution in [0.2, 0.25) is 0 Å². The zero-order chi connectivity index (χ0) is 21.0. The third-order valence-electron chi connectivity index (χ3n) is 5.44. The number of hydrogen-bond acceptors (Lipinski definition) is 5. The van der Waals surface area contributed by atoms with E-state index in [0.717, 1.165) is 29.6 Å². The molecule has 1 aromatic carbocycles. The molecule has 0 bridgehead atoms. The number of nitrogens with one attached hydrogen (secondary N) is 1. The zero-order valence-electron chi connectivity index (χ0n) is 18.0. The molecule has 2 unspecified atom stereocenters. The van der Waals surface area contributed by atoms with Gasteiger partial charge < -0.3 is 14.6 Å². The molecule has 29 heavy (non-hydrogen) atoms. The van der Waals surface area contributed by atoms with Gasteiger partial charge in [0, 0.05) is 13.1 Å². The lowest BCUT2D eigenvalue weighted by atomic mass is 10.0. The first-order valence-electron chi connectivity index (χ1n) is 10.5. The first kappa shape index (κ1) is 21.7. The number of aromatic nitrogens is 3. The number of ether oxygens (including phenoxy) is 1. The van der Waals surface area contributed by atoms with Crippen LogP contribution in [0.4, 0.5) is 0 Å². The highest BCUT2D eigenvalue weighted by Crippen LogP contribution is 2.27. The van der Waals surface area contributed by atoms with E-state index in [4.69, 9.17) is 4.74 Å². The van der Waals surface area contributed by atoms with Crippen molar-refractivity contribution in [2.24, 2.45) is 7.05 Å². The summed E-state index contributed by atoms with van der Waals surface area (Å²) in [7, 11) is 1.92. The summed E-state index contributed by atoms with van der Waals surface area (Å²) in [6.45, 7) is 8.23. The maximum absolute atomic E-state index is 12.5. The van der Waals surface area contributed by atoms with E-state index in [9.17, 15) is 4.79 Å². The summed E-state index contributed by atoms with van der Waals surface area (Å²) < 4.78 is 7.97. The fourth-order valence-corrected chi connectivity index (χ4v) is 4.40. The SMILES string of the molecule is CC(Sc1nnc(C(C)Oc2ccc(C(C)C)cc2)n1C)C(=O)NC1CCCC1. The number of benzene rings is 1. The van der Waals surface area contributed by atoms with Crippen molar-refractivity contribution in [2.45, 2.75) is 81.8 Å². The molecule has 1 amide bonds. The predicted octanol–water partition coefficient (Wildman–Crippen LogP) is 4.62. The van der Waals surface area contributed by atoms with Gasteiger partial charge in [-0.25, -0.2) is 0 Å². The van der Waals surface area contributed by atoms with Crippen molar-refractivity contribution in [1.82, 2.24) is 20.1 Å². The molecule has 1 fully saturated rings. The summed E-state index contributed by atoms with van der Waals surface area (Å²) >= 11 is 1.43. The quantitative estimate of drug-likeness (QED) is 0.636. The molecule has 6 nitrogen and oxygen atoms in total. The van der Waals surface area contributed by atoms with Gasteiger partial charge in [0.15, 0.2) is 17.1 Å². The van der Waals surface area contributed by atoms with Crippen molar-refractivity contribution < 1.29 is 9.53 Å². The maximum atomic E-state index is 12.5. The fraction of sp³-hybridized carbons (Fsp3) is 0.591. The minimum absolute atomic E-state index is 0.0704. The third-order valence-corrected chi connectivity index (χ3v) is 6.58. The molecule has 1 saturated carbocycles. The molecule has 0 aliphatic heterocycles. The minimum Gasteiger partial charge on any atom is -0.483 e. The Morgan fingerprint density at radius 1 is 1.14 bits per heavy atom. The van der Waals surface area contributed by atoms with Crippen LogP contribution in [0.1, 0.15) is 76.8 Å². The van der Waals surface area contributed by atoms with Gasteiger partial charge in [-0.2, -0.15) is 0 Å². The van der Waals surface area contributed by atoms with Crippen molar-refractivity contribution in [3.8, 4) is 5.75 Å². The van der Waals surface area contributed by atoms with Crippen LogP contribution < -0.4 is 10.1 Å². The van der Waals surface area contributed by atoms with Gasteiger partial charge in [-0.1, -0.05) is 50.6 Å². The Bertz CT molecular complexity index is 813. The molecule has 3 rings (SSSR count). The summed E-state index contributed by atoms with van der Waals surface area (Å²) in [5.74, 6) is 2.11. The van der Waals surface area contributed by atoms with E-state index in [1.165, 1.54) is 30.2 Å². The van der Waals surface area contributed by atoms with Gasteiger partial charge in [-0.05, 0) is 50.3 Å². The van der Waals surface area contributed by atoms with Crippen molar-refractivity contribution in [2.75, 3.05) is 0 Å². The van der Waals surface area contributed by atoms with E-state index >= 15 is 0 Å². The van der Waals surface area contributed by atoms with Crippen LogP contribution in [0.25, 0.3) is 0 Å². The molecular formula is C22H32N4O2S. The molecule has 1 aliphatic carbocycles. The van der Waals surface area contributed by atoms with E-state index in [0.29, 0.717) is 12.0 Å². The monoisotopic (exact) mass is 416 g/mol. The molecule has 1 N–H and O–H groups in total. The number of carbonyl (C=O) groups excluding carboxylic acids is 1. The lowest BCUT2D eigenvalue weighted by Crippen LogP contribution is -2.37. The summed E-state index contributed by atoms with van der Waals surface area (Å²) in [5.41, 5.74) is 1.28. The Hall–Kier alpha value is -2.02. The number of nitrogens with zero attached hydrogens (tertiary/aromatic N) is 3. The Labute approximate surface area is 177 Å². The molecular weight excluding hydrogens is 384 g/mol. The molecule has 2 atom stereocenters. The van der Waals surface area contributed by atoms with Crippen LogP contribution in [0.15, 0.2) is 29.4 Å². The molecule has 0 radical (unpaired) electrons. The third kappa shape index (κ3) is 5.53. The van der Waals surface area contributed by atoms with Crippen LogP contribution in [-0.4, -0.2) is 32.0 Å². The average molecular weight is 417 g/mol. The number of thioether (sulfide) groups is 1. The van der Waals surface area contributed by atoms with E-state index in [2.05, 4.69) is 41.5 Å². The maximum Gasteiger partial charge on any atom is 0.233 e. The van der Waals surface area contributed by atoms with Gasteiger partial charge in [0.05, 0.1) is 5.25 Å².